The molecule has 3 N–H and O–H groups in total. The lowest BCUT2D eigenvalue weighted by atomic mass is 10.1. The van der Waals surface area contributed by atoms with Gasteiger partial charge in [-0.15, -0.1) is 0 Å². The molecule has 1 aliphatic heterocycles. The highest BCUT2D eigenvalue weighted by atomic mass is 16.2. The molecule has 1 aliphatic rings. The Bertz CT molecular complexity index is 468. The highest BCUT2D eigenvalue weighted by Crippen LogP contribution is 2.26. The molecule has 0 spiro atoms. The summed E-state index contributed by atoms with van der Waals surface area (Å²) in [5.74, 6) is 0.0285. The van der Waals surface area contributed by atoms with Crippen molar-refractivity contribution in [2.45, 2.75) is 32.6 Å². The average Bonchev–Trinajstić information content (AvgIpc) is 2.94. The van der Waals surface area contributed by atoms with Crippen molar-refractivity contribution in [3.63, 3.8) is 0 Å². The van der Waals surface area contributed by atoms with Crippen LogP contribution in [-0.2, 0) is 9.59 Å². The van der Waals surface area contributed by atoms with Gasteiger partial charge in [0.05, 0.1) is 5.92 Å². The maximum Gasteiger partial charge on any atom is 0.229 e. The maximum absolute atomic E-state index is 11.8. The van der Waals surface area contributed by atoms with E-state index in [9.17, 15) is 9.59 Å². The van der Waals surface area contributed by atoms with Crippen LogP contribution in [0.4, 0.5) is 5.82 Å². The zero-order valence-corrected chi connectivity index (χ0v) is 10.6. The van der Waals surface area contributed by atoms with E-state index in [-0.39, 0.29) is 12.3 Å². The van der Waals surface area contributed by atoms with E-state index >= 15 is 0 Å². The first-order chi connectivity index (χ1) is 8.52. The number of aromatic nitrogens is 2. The standard InChI is InChI=1S/C12H18N4O2/c1-3-7(2)9-5-10(15-14-9)16-6-8(12(13)18)4-11(16)17/h5,7-8H,3-4,6H2,1-2H3,(H2,13,18)(H,14,15). The van der Waals surface area contributed by atoms with Gasteiger partial charge in [-0.1, -0.05) is 13.8 Å². The summed E-state index contributed by atoms with van der Waals surface area (Å²) in [6.07, 6.45) is 1.18. The van der Waals surface area contributed by atoms with Gasteiger partial charge in [0.15, 0.2) is 5.82 Å². The molecule has 0 saturated carbocycles. The first-order valence-electron chi connectivity index (χ1n) is 6.18. The molecule has 6 nitrogen and oxygen atoms in total. The number of amides is 2. The van der Waals surface area contributed by atoms with E-state index in [0.717, 1.165) is 12.1 Å². The summed E-state index contributed by atoms with van der Waals surface area (Å²) in [4.78, 5) is 24.4. The van der Waals surface area contributed by atoms with Crippen LogP contribution in [0.5, 0.6) is 0 Å². The lowest BCUT2D eigenvalue weighted by molar-refractivity contribution is -0.123. The first-order valence-corrected chi connectivity index (χ1v) is 6.18. The Balaban J connectivity index is 2.15. The van der Waals surface area contributed by atoms with Crippen molar-refractivity contribution in [3.8, 4) is 0 Å². The minimum atomic E-state index is -0.427. The van der Waals surface area contributed by atoms with Crippen molar-refractivity contribution in [2.24, 2.45) is 11.7 Å². The van der Waals surface area contributed by atoms with Crippen LogP contribution in [0.2, 0.25) is 0 Å². The second-order valence-electron chi connectivity index (χ2n) is 4.80. The molecule has 2 rings (SSSR count). The summed E-state index contributed by atoms with van der Waals surface area (Å²) >= 11 is 0. The summed E-state index contributed by atoms with van der Waals surface area (Å²) in [5, 5.41) is 7.08. The van der Waals surface area contributed by atoms with Crippen molar-refractivity contribution in [3.05, 3.63) is 11.8 Å². The third kappa shape index (κ3) is 2.23. The average molecular weight is 250 g/mol. The molecule has 1 fully saturated rings. The van der Waals surface area contributed by atoms with E-state index in [2.05, 4.69) is 24.0 Å². The molecule has 0 aromatic carbocycles. The highest BCUT2D eigenvalue weighted by Gasteiger charge is 2.35. The highest BCUT2D eigenvalue weighted by molar-refractivity contribution is 5.99. The van der Waals surface area contributed by atoms with Gasteiger partial charge < -0.3 is 5.73 Å². The fourth-order valence-electron chi connectivity index (χ4n) is 2.06. The molecule has 18 heavy (non-hydrogen) atoms. The predicted octanol–water partition coefficient (Wildman–Crippen LogP) is 0.761. The molecule has 2 unspecified atom stereocenters. The molecular weight excluding hydrogens is 232 g/mol. The number of hydrogen-bond acceptors (Lipinski definition) is 3. The zero-order valence-electron chi connectivity index (χ0n) is 10.6. The first kappa shape index (κ1) is 12.6. The fourth-order valence-corrected chi connectivity index (χ4v) is 2.06. The molecule has 0 radical (unpaired) electrons. The van der Waals surface area contributed by atoms with E-state index in [4.69, 9.17) is 5.73 Å². The quantitative estimate of drug-likeness (QED) is 0.826. The zero-order chi connectivity index (χ0) is 13.3. The van der Waals surface area contributed by atoms with Gasteiger partial charge in [0, 0.05) is 24.7 Å². The number of carbonyl (C=O) groups excluding carboxylic acids is 2. The molecule has 6 heteroatoms. The number of anilines is 1. The second-order valence-corrected chi connectivity index (χ2v) is 4.80. The fraction of sp³-hybridized carbons (Fsp3) is 0.583. The lowest BCUT2D eigenvalue weighted by Crippen LogP contribution is -2.28. The molecule has 1 aromatic heterocycles. The lowest BCUT2D eigenvalue weighted by Gasteiger charge is -2.11. The number of aromatic amines is 1. The summed E-state index contributed by atoms with van der Waals surface area (Å²) in [6.45, 7) is 4.52. The van der Waals surface area contributed by atoms with Crippen LogP contribution in [0.25, 0.3) is 0 Å². The number of nitrogens with zero attached hydrogens (tertiary/aromatic N) is 2. The monoisotopic (exact) mass is 250 g/mol. The van der Waals surface area contributed by atoms with Gasteiger partial charge in [0.2, 0.25) is 11.8 Å². The van der Waals surface area contributed by atoms with Gasteiger partial charge in [-0.3, -0.25) is 19.6 Å². The molecule has 1 aromatic rings. The van der Waals surface area contributed by atoms with Gasteiger partial charge >= 0.3 is 0 Å². The Morgan fingerprint density at radius 2 is 2.44 bits per heavy atom. The molecule has 0 aliphatic carbocycles. The largest absolute Gasteiger partial charge is 0.369 e. The van der Waals surface area contributed by atoms with Gasteiger partial charge in [-0.05, 0) is 12.3 Å². The number of H-pyrrole nitrogens is 1. The molecule has 2 heterocycles. The normalized spacial score (nSPS) is 21.3. The third-order valence-electron chi connectivity index (χ3n) is 3.53. The number of hydrogen-bond donors (Lipinski definition) is 2. The Morgan fingerprint density at radius 3 is 3.00 bits per heavy atom. The molecule has 1 saturated heterocycles. The Labute approximate surface area is 106 Å². The van der Waals surface area contributed by atoms with Crippen LogP contribution in [0.15, 0.2) is 6.07 Å². The van der Waals surface area contributed by atoms with Crippen LogP contribution in [-0.4, -0.2) is 28.6 Å². The second kappa shape index (κ2) is 4.80. The topological polar surface area (TPSA) is 92.1 Å². The third-order valence-corrected chi connectivity index (χ3v) is 3.53. The summed E-state index contributed by atoms with van der Waals surface area (Å²) in [5.41, 5.74) is 6.23. The Hall–Kier alpha value is -1.85. The number of nitrogens with one attached hydrogen (secondary N) is 1. The van der Waals surface area contributed by atoms with Gasteiger partial charge in [0.1, 0.15) is 0 Å². The summed E-state index contributed by atoms with van der Waals surface area (Å²) in [7, 11) is 0. The Kier molecular flexibility index (Phi) is 3.36. The van der Waals surface area contributed by atoms with E-state index < -0.39 is 11.8 Å². The minimum absolute atomic E-state index is 0.0963. The van der Waals surface area contributed by atoms with Crippen molar-refractivity contribution in [1.29, 1.82) is 0 Å². The number of rotatable bonds is 4. The van der Waals surface area contributed by atoms with Gasteiger partial charge in [-0.25, -0.2) is 0 Å². The van der Waals surface area contributed by atoms with E-state index in [1.54, 1.807) is 0 Å². The minimum Gasteiger partial charge on any atom is -0.369 e. The number of nitrogens with two attached hydrogens (primary N) is 1. The summed E-state index contributed by atoms with van der Waals surface area (Å²) in [6, 6.07) is 1.87. The maximum atomic E-state index is 11.8. The van der Waals surface area contributed by atoms with Crippen LogP contribution < -0.4 is 10.6 Å². The molecule has 2 atom stereocenters. The molecule has 98 valence electrons. The summed E-state index contributed by atoms with van der Waals surface area (Å²) < 4.78 is 0. The molecule has 2 amide bonds. The van der Waals surface area contributed by atoms with Gasteiger partial charge in [0.25, 0.3) is 0 Å². The molecular formula is C12H18N4O2. The number of primary amides is 1. The van der Waals surface area contributed by atoms with Crippen LogP contribution >= 0.6 is 0 Å². The van der Waals surface area contributed by atoms with Crippen LogP contribution in [0, 0.1) is 5.92 Å². The SMILES string of the molecule is CCC(C)c1cc(N2CC(C(N)=O)CC2=O)n[nH]1. The smallest absolute Gasteiger partial charge is 0.229 e. The van der Waals surface area contributed by atoms with Crippen LogP contribution in [0.3, 0.4) is 0 Å². The van der Waals surface area contributed by atoms with Crippen molar-refractivity contribution in [2.75, 3.05) is 11.4 Å². The van der Waals surface area contributed by atoms with Crippen LogP contribution in [0.1, 0.15) is 38.3 Å². The van der Waals surface area contributed by atoms with Crippen molar-refractivity contribution < 1.29 is 9.59 Å². The van der Waals surface area contributed by atoms with E-state index in [0.29, 0.717) is 18.3 Å². The molecule has 0 bridgehead atoms. The number of carbonyl (C=O) groups is 2. The van der Waals surface area contributed by atoms with Crippen molar-refractivity contribution in [1.82, 2.24) is 10.2 Å². The van der Waals surface area contributed by atoms with E-state index in [1.165, 1.54) is 4.90 Å². The van der Waals surface area contributed by atoms with Gasteiger partial charge in [-0.2, -0.15) is 5.10 Å². The van der Waals surface area contributed by atoms with E-state index in [1.807, 2.05) is 6.07 Å². The predicted molar refractivity (Wildman–Crippen MR) is 66.9 cm³/mol. The Morgan fingerprint density at radius 1 is 1.72 bits per heavy atom. The van der Waals surface area contributed by atoms with Crippen molar-refractivity contribution >= 4 is 17.6 Å².